The van der Waals surface area contributed by atoms with E-state index >= 15 is 0 Å². The Morgan fingerprint density at radius 1 is 1.17 bits per heavy atom. The highest BCUT2D eigenvalue weighted by molar-refractivity contribution is 8.00. The molecule has 0 fully saturated rings. The molecule has 1 atom stereocenters. The lowest BCUT2D eigenvalue weighted by atomic mass is 10.2. The third-order valence-corrected chi connectivity index (χ3v) is 7.40. The molecule has 30 heavy (non-hydrogen) atoms. The first-order valence-corrected chi connectivity index (χ1v) is 11.8. The van der Waals surface area contributed by atoms with Crippen LogP contribution in [0, 0.1) is 0 Å². The third-order valence-electron chi connectivity index (χ3n) is 4.37. The number of anilines is 1. The van der Waals surface area contributed by atoms with Crippen LogP contribution >= 0.6 is 11.8 Å². The molecule has 2 N–H and O–H groups in total. The van der Waals surface area contributed by atoms with E-state index in [9.17, 15) is 18.3 Å². The minimum atomic E-state index is -3.55. The second-order valence-electron chi connectivity index (χ2n) is 6.58. The van der Waals surface area contributed by atoms with Crippen molar-refractivity contribution in [2.45, 2.75) is 34.4 Å². The predicted octanol–water partition coefficient (Wildman–Crippen LogP) is 3.00. The number of nitrogens with zero attached hydrogens (tertiary/aromatic N) is 3. The molecule has 10 heteroatoms. The molecule has 2 aromatic carbocycles. The molecule has 0 aliphatic heterocycles. The second kappa shape index (κ2) is 9.31. The number of aromatic hydroxyl groups is 1. The van der Waals surface area contributed by atoms with E-state index < -0.39 is 15.1 Å². The van der Waals surface area contributed by atoms with E-state index in [1.54, 1.807) is 54.1 Å². The maximum absolute atomic E-state index is 12.6. The zero-order chi connectivity index (χ0) is 21.7. The minimum absolute atomic E-state index is 0.0612. The van der Waals surface area contributed by atoms with Gasteiger partial charge in [0.05, 0.1) is 10.1 Å². The van der Waals surface area contributed by atoms with E-state index in [0.717, 1.165) is 0 Å². The van der Waals surface area contributed by atoms with Gasteiger partial charge in [0.2, 0.25) is 5.91 Å². The molecule has 0 saturated carbocycles. The number of nitrogens with one attached hydrogen (secondary N) is 1. The topological polar surface area (TPSA) is 114 Å². The predicted molar refractivity (Wildman–Crippen MR) is 115 cm³/mol. The molecule has 1 heterocycles. The van der Waals surface area contributed by atoms with Gasteiger partial charge in [-0.1, -0.05) is 43.0 Å². The van der Waals surface area contributed by atoms with Gasteiger partial charge in [0.25, 0.3) is 0 Å². The summed E-state index contributed by atoms with van der Waals surface area (Å²) >= 11 is 1.21. The van der Waals surface area contributed by atoms with Crippen LogP contribution in [-0.2, 0) is 27.4 Å². The van der Waals surface area contributed by atoms with Crippen molar-refractivity contribution in [1.82, 2.24) is 14.8 Å². The Labute approximate surface area is 179 Å². The summed E-state index contributed by atoms with van der Waals surface area (Å²) in [6.45, 7) is 1.87. The second-order valence-corrected chi connectivity index (χ2v) is 9.74. The zero-order valence-electron chi connectivity index (χ0n) is 16.5. The van der Waals surface area contributed by atoms with Crippen LogP contribution in [0.3, 0.4) is 0 Å². The number of sulfone groups is 1. The van der Waals surface area contributed by atoms with Crippen LogP contribution in [0.1, 0.15) is 19.2 Å². The van der Waals surface area contributed by atoms with E-state index in [2.05, 4.69) is 15.5 Å². The average Bonchev–Trinajstić information content (AvgIpc) is 3.05. The summed E-state index contributed by atoms with van der Waals surface area (Å²) in [5, 5.41) is 20.4. The molecule has 0 aliphatic carbocycles. The van der Waals surface area contributed by atoms with Crippen LogP contribution in [0.2, 0.25) is 0 Å². The minimum Gasteiger partial charge on any atom is -0.508 e. The summed E-state index contributed by atoms with van der Waals surface area (Å²) < 4.78 is 26.8. The van der Waals surface area contributed by atoms with Gasteiger partial charge in [0.1, 0.15) is 17.3 Å². The highest BCUT2D eigenvalue weighted by Crippen LogP contribution is 2.26. The van der Waals surface area contributed by atoms with Gasteiger partial charge in [0, 0.05) is 18.8 Å². The first-order valence-electron chi connectivity index (χ1n) is 9.22. The number of amides is 1. The Hall–Kier alpha value is -2.85. The molecule has 0 aliphatic rings. The first-order chi connectivity index (χ1) is 14.3. The molecule has 0 bridgehead atoms. The van der Waals surface area contributed by atoms with Crippen LogP contribution < -0.4 is 5.32 Å². The summed E-state index contributed by atoms with van der Waals surface area (Å²) in [6, 6.07) is 14.5. The number of rotatable bonds is 8. The van der Waals surface area contributed by atoms with Gasteiger partial charge in [-0.3, -0.25) is 4.79 Å². The Kier molecular flexibility index (Phi) is 6.78. The highest BCUT2D eigenvalue weighted by Gasteiger charge is 2.24. The summed E-state index contributed by atoms with van der Waals surface area (Å²) in [6.07, 6.45) is 0.528. The molecule has 3 aromatic rings. The number of carbonyl (C=O) groups excluding carboxylic acids is 1. The summed E-state index contributed by atoms with van der Waals surface area (Å²) in [7, 11) is -1.87. The molecule has 0 radical (unpaired) electrons. The molecular formula is C20H22N4O4S2. The van der Waals surface area contributed by atoms with Crippen LogP contribution in [0.25, 0.3) is 0 Å². The maximum atomic E-state index is 12.6. The standard InChI is InChI=1S/C20H22N4O4S2/c1-3-17(19(26)21-14-8-7-9-15(25)12-14)29-20-23-22-18(24(20)2)13-30(27,28)16-10-5-4-6-11-16/h4-12,17,25H,3,13H2,1-2H3,(H,21,26). The van der Waals surface area contributed by atoms with E-state index in [-0.39, 0.29) is 22.3 Å². The van der Waals surface area contributed by atoms with E-state index in [4.69, 9.17) is 0 Å². The Morgan fingerprint density at radius 3 is 2.57 bits per heavy atom. The van der Waals surface area contributed by atoms with Crippen molar-refractivity contribution in [3.8, 4) is 5.75 Å². The normalized spacial score (nSPS) is 12.5. The van der Waals surface area contributed by atoms with Crippen LogP contribution in [0.5, 0.6) is 5.75 Å². The van der Waals surface area contributed by atoms with Crippen molar-refractivity contribution < 1.29 is 18.3 Å². The van der Waals surface area contributed by atoms with E-state index in [1.165, 1.54) is 23.9 Å². The lowest BCUT2D eigenvalue weighted by Crippen LogP contribution is -2.25. The molecule has 1 amide bonds. The van der Waals surface area contributed by atoms with Gasteiger partial charge in [-0.25, -0.2) is 8.42 Å². The van der Waals surface area contributed by atoms with E-state index in [1.807, 2.05) is 6.92 Å². The fraction of sp³-hybridized carbons (Fsp3) is 0.250. The van der Waals surface area contributed by atoms with E-state index in [0.29, 0.717) is 23.1 Å². The van der Waals surface area contributed by atoms with Crippen LogP contribution in [0.4, 0.5) is 5.69 Å². The number of thioether (sulfide) groups is 1. The highest BCUT2D eigenvalue weighted by atomic mass is 32.2. The molecular weight excluding hydrogens is 424 g/mol. The van der Waals surface area contributed by atoms with Crippen molar-refractivity contribution in [2.75, 3.05) is 5.32 Å². The van der Waals surface area contributed by atoms with Gasteiger partial charge >= 0.3 is 0 Å². The Morgan fingerprint density at radius 2 is 1.90 bits per heavy atom. The van der Waals surface area contributed by atoms with Crippen LogP contribution in [-0.4, -0.2) is 39.4 Å². The monoisotopic (exact) mass is 446 g/mol. The van der Waals surface area contributed by atoms with Crippen molar-refractivity contribution in [3.63, 3.8) is 0 Å². The van der Waals surface area contributed by atoms with Crippen molar-refractivity contribution >= 4 is 33.2 Å². The molecule has 3 rings (SSSR count). The van der Waals surface area contributed by atoms with Gasteiger partial charge in [0.15, 0.2) is 15.0 Å². The largest absolute Gasteiger partial charge is 0.508 e. The van der Waals surface area contributed by atoms with Crippen molar-refractivity contribution in [1.29, 1.82) is 0 Å². The number of carbonyl (C=O) groups is 1. The number of phenolic OH excluding ortho intramolecular Hbond substituents is 1. The number of hydrogen-bond donors (Lipinski definition) is 2. The molecule has 158 valence electrons. The first kappa shape index (κ1) is 21.8. The molecule has 1 unspecified atom stereocenters. The summed E-state index contributed by atoms with van der Waals surface area (Å²) in [5.74, 6) is -0.168. The summed E-state index contributed by atoms with van der Waals surface area (Å²) in [5.41, 5.74) is 0.492. The van der Waals surface area contributed by atoms with Gasteiger partial charge < -0.3 is 15.0 Å². The van der Waals surface area contributed by atoms with Crippen LogP contribution in [0.15, 0.2) is 64.6 Å². The molecule has 0 spiro atoms. The SMILES string of the molecule is CCC(Sc1nnc(CS(=O)(=O)c2ccccc2)n1C)C(=O)Nc1cccc(O)c1. The Balaban J connectivity index is 1.72. The summed E-state index contributed by atoms with van der Waals surface area (Å²) in [4.78, 5) is 12.8. The lowest BCUT2D eigenvalue weighted by Gasteiger charge is -2.14. The number of benzene rings is 2. The average molecular weight is 447 g/mol. The molecule has 0 saturated heterocycles. The lowest BCUT2D eigenvalue weighted by molar-refractivity contribution is -0.115. The molecule has 1 aromatic heterocycles. The number of aromatic nitrogens is 3. The fourth-order valence-corrected chi connectivity index (χ4v) is 4.98. The Bertz CT molecular complexity index is 1130. The van der Waals surface area contributed by atoms with Gasteiger partial charge in [-0.2, -0.15) is 0 Å². The van der Waals surface area contributed by atoms with Gasteiger partial charge in [-0.15, -0.1) is 10.2 Å². The third kappa shape index (κ3) is 5.19. The van der Waals surface area contributed by atoms with Crippen molar-refractivity contribution in [3.05, 3.63) is 60.4 Å². The quantitative estimate of drug-likeness (QED) is 0.511. The maximum Gasteiger partial charge on any atom is 0.237 e. The number of hydrogen-bond acceptors (Lipinski definition) is 7. The smallest absolute Gasteiger partial charge is 0.237 e. The van der Waals surface area contributed by atoms with Gasteiger partial charge in [-0.05, 0) is 30.7 Å². The fourth-order valence-electron chi connectivity index (χ4n) is 2.71. The number of phenols is 1. The van der Waals surface area contributed by atoms with Crippen molar-refractivity contribution in [2.24, 2.45) is 7.05 Å². The zero-order valence-corrected chi connectivity index (χ0v) is 18.2. The molecule has 8 nitrogen and oxygen atoms in total.